The number of nitrogens with one attached hydrogen (secondary N) is 1. The molecule has 1 atom stereocenters. The molecule has 2 aromatic heterocycles. The Morgan fingerprint density at radius 3 is 2.48 bits per heavy atom. The molecule has 1 amide bonds. The van der Waals surface area contributed by atoms with Crippen LogP contribution in [0.25, 0.3) is 22.6 Å². The lowest BCUT2D eigenvalue weighted by atomic mass is 10.1. The van der Waals surface area contributed by atoms with E-state index in [2.05, 4.69) is 25.1 Å². The van der Waals surface area contributed by atoms with Crippen LogP contribution >= 0.6 is 0 Å². The van der Waals surface area contributed by atoms with E-state index in [0.29, 0.717) is 22.5 Å². The molecule has 1 aromatic carbocycles. The fourth-order valence-electron chi connectivity index (χ4n) is 2.82. The largest absolute Gasteiger partial charge is 0.573 e. The number of alkyl halides is 3. The second-order valence-corrected chi connectivity index (χ2v) is 6.89. The third-order valence-electron chi connectivity index (χ3n) is 4.25. The summed E-state index contributed by atoms with van der Waals surface area (Å²) in [5, 5.41) is 16.1. The molecule has 8 nitrogen and oxygen atoms in total. The monoisotopic (exact) mass is 435 g/mol. The zero-order chi connectivity index (χ0) is 22.8. The van der Waals surface area contributed by atoms with Gasteiger partial charge in [-0.25, -0.2) is 9.97 Å². The Morgan fingerprint density at radius 1 is 1.26 bits per heavy atom. The van der Waals surface area contributed by atoms with Crippen LogP contribution < -0.4 is 10.1 Å². The molecule has 11 heteroatoms. The van der Waals surface area contributed by atoms with Crippen LogP contribution in [0.1, 0.15) is 23.1 Å². The van der Waals surface area contributed by atoms with Gasteiger partial charge < -0.3 is 15.2 Å². The Balaban J connectivity index is 2.04. The first-order chi connectivity index (χ1) is 14.6. The number of halogens is 3. The average Bonchev–Trinajstić information content (AvgIpc) is 3.05. The van der Waals surface area contributed by atoms with Gasteiger partial charge in [-0.1, -0.05) is 0 Å². The number of amides is 1. The van der Waals surface area contributed by atoms with Gasteiger partial charge in [0, 0.05) is 24.8 Å². The van der Waals surface area contributed by atoms with Gasteiger partial charge in [-0.05, 0) is 44.2 Å². The summed E-state index contributed by atoms with van der Waals surface area (Å²) >= 11 is 0. The summed E-state index contributed by atoms with van der Waals surface area (Å²) in [5.74, 6) is -0.658. The van der Waals surface area contributed by atoms with Gasteiger partial charge in [0.05, 0.1) is 23.6 Å². The fraction of sp³-hybridized carbons (Fsp3) is 0.300. The number of hydrogen-bond donors (Lipinski definition) is 2. The maximum absolute atomic E-state index is 12.6. The van der Waals surface area contributed by atoms with Crippen molar-refractivity contribution in [2.24, 2.45) is 7.05 Å². The van der Waals surface area contributed by atoms with E-state index in [4.69, 9.17) is 0 Å². The normalized spacial score (nSPS) is 12.5. The molecular formula is C20H20F3N5O3. The van der Waals surface area contributed by atoms with Crippen molar-refractivity contribution < 1.29 is 27.8 Å². The molecule has 0 bridgehead atoms. The number of ether oxygens (including phenoxy) is 1. The zero-order valence-corrected chi connectivity index (χ0v) is 16.9. The molecule has 0 saturated carbocycles. The van der Waals surface area contributed by atoms with Crippen molar-refractivity contribution >= 4 is 5.91 Å². The topological polar surface area (TPSA) is 102 Å². The van der Waals surface area contributed by atoms with Crippen LogP contribution in [0.5, 0.6) is 5.75 Å². The van der Waals surface area contributed by atoms with Crippen LogP contribution in [0, 0.1) is 6.92 Å². The van der Waals surface area contributed by atoms with Crippen LogP contribution in [0.4, 0.5) is 13.2 Å². The summed E-state index contributed by atoms with van der Waals surface area (Å²) in [7, 11) is 1.73. The average molecular weight is 435 g/mol. The standard InChI is InChI=1S/C20H20F3N5O3/c1-11(10-29)24-19(30)17-8-16(13-4-6-14(7-5-13)31-20(21,22)23)25-18(26-17)15-9-28(3)27-12(15)2/h4-9,11,29H,10H2,1-3H3,(H,24,30). The third-order valence-corrected chi connectivity index (χ3v) is 4.25. The number of benzene rings is 1. The Kier molecular flexibility index (Phi) is 6.25. The van der Waals surface area contributed by atoms with Crippen LogP contribution in [0.15, 0.2) is 36.5 Å². The summed E-state index contributed by atoms with van der Waals surface area (Å²) < 4.78 is 42.7. The van der Waals surface area contributed by atoms with Crippen LogP contribution in [0.3, 0.4) is 0 Å². The lowest BCUT2D eigenvalue weighted by molar-refractivity contribution is -0.274. The van der Waals surface area contributed by atoms with Crippen LogP contribution in [0.2, 0.25) is 0 Å². The first-order valence-electron chi connectivity index (χ1n) is 9.23. The summed E-state index contributed by atoms with van der Waals surface area (Å²) in [6.45, 7) is 3.15. The highest BCUT2D eigenvalue weighted by atomic mass is 19.4. The number of rotatable bonds is 6. The minimum atomic E-state index is -4.80. The molecule has 164 valence electrons. The van der Waals surface area contributed by atoms with Crippen molar-refractivity contribution in [3.63, 3.8) is 0 Å². The second kappa shape index (κ2) is 8.72. The van der Waals surface area contributed by atoms with Gasteiger partial charge in [0.2, 0.25) is 0 Å². The number of aromatic nitrogens is 4. The zero-order valence-electron chi connectivity index (χ0n) is 16.9. The van der Waals surface area contributed by atoms with Gasteiger partial charge in [-0.2, -0.15) is 5.10 Å². The van der Waals surface area contributed by atoms with E-state index < -0.39 is 18.3 Å². The number of carbonyl (C=O) groups excluding carboxylic acids is 1. The molecular weight excluding hydrogens is 415 g/mol. The molecule has 2 heterocycles. The van der Waals surface area contributed by atoms with Gasteiger partial charge in [-0.3, -0.25) is 9.48 Å². The van der Waals surface area contributed by atoms with Crippen molar-refractivity contribution in [3.05, 3.63) is 47.9 Å². The Hall–Kier alpha value is -3.47. The molecule has 0 aliphatic heterocycles. The summed E-state index contributed by atoms with van der Waals surface area (Å²) in [6.07, 6.45) is -3.09. The molecule has 0 spiro atoms. The van der Waals surface area contributed by atoms with Crippen molar-refractivity contribution in [2.75, 3.05) is 6.61 Å². The Labute approximate surface area is 175 Å². The lowest BCUT2D eigenvalue weighted by Crippen LogP contribution is -2.35. The van der Waals surface area contributed by atoms with E-state index in [1.54, 1.807) is 31.8 Å². The smallest absolute Gasteiger partial charge is 0.406 e. The Morgan fingerprint density at radius 2 is 1.94 bits per heavy atom. The van der Waals surface area contributed by atoms with E-state index in [0.717, 1.165) is 12.1 Å². The number of aliphatic hydroxyl groups excluding tert-OH is 1. The quantitative estimate of drug-likeness (QED) is 0.617. The fourth-order valence-corrected chi connectivity index (χ4v) is 2.82. The minimum absolute atomic E-state index is 0.0409. The number of carbonyl (C=O) groups is 1. The summed E-state index contributed by atoms with van der Waals surface area (Å²) in [4.78, 5) is 21.4. The number of nitrogens with zero attached hydrogens (tertiary/aromatic N) is 4. The highest BCUT2D eigenvalue weighted by molar-refractivity contribution is 5.94. The molecule has 1 unspecified atom stereocenters. The maximum Gasteiger partial charge on any atom is 0.573 e. The molecule has 0 aliphatic carbocycles. The third kappa shape index (κ3) is 5.57. The van der Waals surface area contributed by atoms with E-state index in [-0.39, 0.29) is 23.9 Å². The number of hydrogen-bond acceptors (Lipinski definition) is 6. The molecule has 31 heavy (non-hydrogen) atoms. The first-order valence-corrected chi connectivity index (χ1v) is 9.23. The second-order valence-electron chi connectivity index (χ2n) is 6.89. The van der Waals surface area contributed by atoms with E-state index in [1.807, 2.05) is 0 Å². The van der Waals surface area contributed by atoms with Crippen molar-refractivity contribution in [1.82, 2.24) is 25.1 Å². The molecule has 3 aromatic rings. The van der Waals surface area contributed by atoms with E-state index in [1.165, 1.54) is 18.2 Å². The van der Waals surface area contributed by atoms with Crippen LogP contribution in [-0.2, 0) is 7.05 Å². The lowest BCUT2D eigenvalue weighted by Gasteiger charge is -2.13. The molecule has 0 fully saturated rings. The minimum Gasteiger partial charge on any atom is -0.406 e. The maximum atomic E-state index is 12.6. The predicted molar refractivity (Wildman–Crippen MR) is 105 cm³/mol. The first kappa shape index (κ1) is 22.2. The van der Waals surface area contributed by atoms with Crippen molar-refractivity contribution in [1.29, 1.82) is 0 Å². The highest BCUT2D eigenvalue weighted by Crippen LogP contribution is 2.28. The van der Waals surface area contributed by atoms with Crippen LogP contribution in [-0.4, -0.2) is 49.8 Å². The molecule has 2 N–H and O–H groups in total. The number of aryl methyl sites for hydroxylation is 2. The summed E-state index contributed by atoms with van der Waals surface area (Å²) in [6, 6.07) is 6.06. The SMILES string of the molecule is Cc1nn(C)cc1-c1nc(C(=O)NC(C)CO)cc(-c2ccc(OC(F)(F)F)cc2)n1. The van der Waals surface area contributed by atoms with Gasteiger partial charge in [0.25, 0.3) is 5.91 Å². The van der Waals surface area contributed by atoms with Gasteiger partial charge in [0.1, 0.15) is 11.4 Å². The van der Waals surface area contributed by atoms with Crippen molar-refractivity contribution in [3.8, 4) is 28.4 Å². The molecule has 0 radical (unpaired) electrons. The van der Waals surface area contributed by atoms with Gasteiger partial charge in [0.15, 0.2) is 5.82 Å². The Bertz CT molecular complexity index is 1080. The predicted octanol–water partition coefficient (Wildman–Crippen LogP) is 2.86. The van der Waals surface area contributed by atoms with Gasteiger partial charge >= 0.3 is 6.36 Å². The summed E-state index contributed by atoms with van der Waals surface area (Å²) in [5.41, 5.74) is 2.08. The van der Waals surface area contributed by atoms with Crippen molar-refractivity contribution in [2.45, 2.75) is 26.3 Å². The molecule has 3 rings (SSSR count). The van der Waals surface area contributed by atoms with Gasteiger partial charge in [-0.15, -0.1) is 13.2 Å². The highest BCUT2D eigenvalue weighted by Gasteiger charge is 2.31. The van der Waals surface area contributed by atoms with E-state index in [9.17, 15) is 23.1 Å². The molecule has 0 aliphatic rings. The number of aliphatic hydroxyl groups is 1. The molecule has 0 saturated heterocycles. The van der Waals surface area contributed by atoms with E-state index >= 15 is 0 Å².